The Labute approximate surface area is 171 Å². The summed E-state index contributed by atoms with van der Waals surface area (Å²) in [5, 5.41) is 5.66. The molecule has 1 heterocycles. The lowest BCUT2D eigenvalue weighted by molar-refractivity contribution is -0.128. The summed E-state index contributed by atoms with van der Waals surface area (Å²) in [7, 11) is 0. The van der Waals surface area contributed by atoms with Gasteiger partial charge in [0, 0.05) is 12.5 Å². The van der Waals surface area contributed by atoms with E-state index in [-0.39, 0.29) is 30.8 Å². The van der Waals surface area contributed by atoms with E-state index in [0.29, 0.717) is 6.42 Å². The van der Waals surface area contributed by atoms with Crippen molar-refractivity contribution in [2.24, 2.45) is 0 Å². The quantitative estimate of drug-likeness (QED) is 0.643. The van der Waals surface area contributed by atoms with Crippen molar-refractivity contribution in [1.82, 2.24) is 15.5 Å². The molecule has 0 bridgehead atoms. The molecule has 0 aromatic heterocycles. The Bertz CT molecular complexity index is 839. The van der Waals surface area contributed by atoms with E-state index in [0.717, 1.165) is 18.4 Å². The van der Waals surface area contributed by atoms with E-state index in [9.17, 15) is 14.4 Å². The van der Waals surface area contributed by atoms with Crippen LogP contribution in [0, 0.1) is 0 Å². The highest BCUT2D eigenvalue weighted by Gasteiger charge is 2.37. The molecule has 6 nitrogen and oxygen atoms in total. The van der Waals surface area contributed by atoms with Crippen molar-refractivity contribution in [1.29, 1.82) is 0 Å². The Morgan fingerprint density at radius 3 is 2.31 bits per heavy atom. The van der Waals surface area contributed by atoms with Gasteiger partial charge in [0.05, 0.1) is 6.54 Å². The minimum absolute atomic E-state index is 0.0474. The Kier molecular flexibility index (Phi) is 7.00. The topological polar surface area (TPSA) is 78.5 Å². The van der Waals surface area contributed by atoms with Crippen LogP contribution in [0.5, 0.6) is 0 Å². The Morgan fingerprint density at radius 1 is 1.03 bits per heavy atom. The van der Waals surface area contributed by atoms with Crippen molar-refractivity contribution < 1.29 is 14.4 Å². The maximum Gasteiger partial charge on any atom is 0.325 e. The predicted molar refractivity (Wildman–Crippen MR) is 111 cm³/mol. The Balaban J connectivity index is 1.41. The summed E-state index contributed by atoms with van der Waals surface area (Å²) >= 11 is 0. The number of nitrogens with one attached hydrogen (secondary N) is 2. The first kappa shape index (κ1) is 20.6. The summed E-state index contributed by atoms with van der Waals surface area (Å²) < 4.78 is 0. The number of carbonyl (C=O) groups excluding carboxylic acids is 3. The second-order valence-corrected chi connectivity index (χ2v) is 7.44. The molecule has 29 heavy (non-hydrogen) atoms. The minimum Gasteiger partial charge on any atom is -0.354 e. The smallest absolute Gasteiger partial charge is 0.325 e. The summed E-state index contributed by atoms with van der Waals surface area (Å²) in [4.78, 5) is 38.1. The largest absolute Gasteiger partial charge is 0.354 e. The van der Waals surface area contributed by atoms with Crippen molar-refractivity contribution in [3.05, 3.63) is 71.8 Å². The SMILES string of the molecule is C[C@@H](CCc1ccccc1)NC(=O)CC[C@H]1NC(=O)N(Cc2ccccc2)C1=O. The number of rotatable bonds is 9. The number of nitrogens with zero attached hydrogens (tertiary/aromatic N) is 1. The highest BCUT2D eigenvalue weighted by atomic mass is 16.2. The summed E-state index contributed by atoms with van der Waals surface area (Å²) in [6.07, 6.45) is 2.24. The van der Waals surface area contributed by atoms with Crippen LogP contribution in [0.3, 0.4) is 0 Å². The number of urea groups is 1. The first-order valence-corrected chi connectivity index (χ1v) is 10.0. The first-order chi connectivity index (χ1) is 14.0. The van der Waals surface area contributed by atoms with Crippen LogP contribution in [0.25, 0.3) is 0 Å². The van der Waals surface area contributed by atoms with E-state index in [2.05, 4.69) is 22.8 Å². The van der Waals surface area contributed by atoms with Gasteiger partial charge in [0.25, 0.3) is 5.91 Å². The summed E-state index contributed by atoms with van der Waals surface area (Å²) in [5.41, 5.74) is 2.13. The molecule has 0 saturated carbocycles. The minimum atomic E-state index is -0.642. The Morgan fingerprint density at radius 2 is 1.66 bits per heavy atom. The molecule has 2 aromatic rings. The van der Waals surface area contributed by atoms with E-state index in [1.165, 1.54) is 10.5 Å². The summed E-state index contributed by atoms with van der Waals surface area (Å²) in [6.45, 7) is 2.22. The molecular formula is C23H27N3O3. The van der Waals surface area contributed by atoms with Crippen molar-refractivity contribution >= 4 is 17.8 Å². The van der Waals surface area contributed by atoms with Crippen molar-refractivity contribution in [3.63, 3.8) is 0 Å². The van der Waals surface area contributed by atoms with E-state index >= 15 is 0 Å². The molecule has 4 amide bonds. The molecule has 1 saturated heterocycles. The van der Waals surface area contributed by atoms with Gasteiger partial charge in [0.15, 0.2) is 0 Å². The molecule has 1 aliphatic heterocycles. The van der Waals surface area contributed by atoms with Gasteiger partial charge in [-0.2, -0.15) is 0 Å². The molecule has 0 spiro atoms. The third-order valence-corrected chi connectivity index (χ3v) is 5.07. The molecule has 2 atom stereocenters. The normalized spacial score (nSPS) is 17.1. The number of carbonyl (C=O) groups is 3. The molecule has 2 N–H and O–H groups in total. The van der Waals surface area contributed by atoms with Crippen molar-refractivity contribution in [2.75, 3.05) is 0 Å². The first-order valence-electron chi connectivity index (χ1n) is 10.0. The monoisotopic (exact) mass is 393 g/mol. The summed E-state index contributed by atoms with van der Waals surface area (Å²) in [6, 6.07) is 18.5. The van der Waals surface area contributed by atoms with Gasteiger partial charge in [-0.1, -0.05) is 60.7 Å². The fourth-order valence-corrected chi connectivity index (χ4v) is 3.41. The molecule has 0 aliphatic carbocycles. The predicted octanol–water partition coefficient (Wildman–Crippen LogP) is 3.02. The van der Waals surface area contributed by atoms with Crippen LogP contribution in [0.2, 0.25) is 0 Å². The lowest BCUT2D eigenvalue weighted by Crippen LogP contribution is -2.35. The third-order valence-electron chi connectivity index (χ3n) is 5.07. The molecule has 0 radical (unpaired) electrons. The van der Waals surface area contributed by atoms with Crippen LogP contribution in [0.15, 0.2) is 60.7 Å². The van der Waals surface area contributed by atoms with E-state index in [1.54, 1.807) is 0 Å². The number of hydrogen-bond acceptors (Lipinski definition) is 3. The van der Waals surface area contributed by atoms with Gasteiger partial charge < -0.3 is 10.6 Å². The summed E-state index contributed by atoms with van der Waals surface area (Å²) in [5.74, 6) is -0.377. The fraction of sp³-hybridized carbons (Fsp3) is 0.348. The molecule has 0 unspecified atom stereocenters. The van der Waals surface area contributed by atoms with Gasteiger partial charge in [0.2, 0.25) is 5.91 Å². The van der Waals surface area contributed by atoms with Crippen LogP contribution in [-0.4, -0.2) is 34.8 Å². The average molecular weight is 393 g/mol. The van der Waals surface area contributed by atoms with E-state index in [1.807, 2.05) is 55.5 Å². The fourth-order valence-electron chi connectivity index (χ4n) is 3.41. The third kappa shape index (κ3) is 5.91. The zero-order valence-corrected chi connectivity index (χ0v) is 16.6. The number of amides is 4. The maximum absolute atomic E-state index is 12.5. The lowest BCUT2D eigenvalue weighted by atomic mass is 10.1. The Hall–Kier alpha value is -3.15. The van der Waals surface area contributed by atoms with Gasteiger partial charge in [-0.05, 0) is 37.3 Å². The number of imide groups is 1. The average Bonchev–Trinajstić information content (AvgIpc) is 3.00. The molecule has 2 aromatic carbocycles. The van der Waals surface area contributed by atoms with Gasteiger partial charge in [-0.25, -0.2) is 4.79 Å². The molecule has 1 fully saturated rings. The standard InChI is InChI=1S/C23H27N3O3/c1-17(12-13-18-8-4-2-5-9-18)24-21(27)15-14-20-22(28)26(23(29)25-20)16-19-10-6-3-7-11-19/h2-11,17,20H,12-16H2,1H3,(H,24,27)(H,25,29)/t17-,20+/m0/s1. The zero-order chi connectivity index (χ0) is 20.6. The molecule has 152 valence electrons. The lowest BCUT2D eigenvalue weighted by Gasteiger charge is -2.15. The van der Waals surface area contributed by atoms with Gasteiger partial charge in [-0.3, -0.25) is 14.5 Å². The number of aryl methyl sites for hydroxylation is 1. The highest BCUT2D eigenvalue weighted by Crippen LogP contribution is 2.15. The van der Waals surface area contributed by atoms with Crippen LogP contribution in [-0.2, 0) is 22.6 Å². The van der Waals surface area contributed by atoms with Crippen LogP contribution in [0.1, 0.15) is 37.3 Å². The van der Waals surface area contributed by atoms with Gasteiger partial charge in [0.1, 0.15) is 6.04 Å². The van der Waals surface area contributed by atoms with Crippen LogP contribution >= 0.6 is 0 Å². The second kappa shape index (κ2) is 9.87. The van der Waals surface area contributed by atoms with Gasteiger partial charge >= 0.3 is 6.03 Å². The van der Waals surface area contributed by atoms with Crippen molar-refractivity contribution in [2.45, 2.75) is 51.2 Å². The number of benzene rings is 2. The van der Waals surface area contributed by atoms with Gasteiger partial charge in [-0.15, -0.1) is 0 Å². The number of hydrogen-bond donors (Lipinski definition) is 2. The zero-order valence-electron chi connectivity index (χ0n) is 16.6. The molecule has 1 aliphatic rings. The van der Waals surface area contributed by atoms with E-state index < -0.39 is 12.1 Å². The van der Waals surface area contributed by atoms with Crippen molar-refractivity contribution in [3.8, 4) is 0 Å². The van der Waals surface area contributed by atoms with Crippen LogP contribution in [0.4, 0.5) is 4.79 Å². The molecule has 3 rings (SSSR count). The maximum atomic E-state index is 12.5. The molecule has 6 heteroatoms. The van der Waals surface area contributed by atoms with Crippen LogP contribution < -0.4 is 10.6 Å². The molecular weight excluding hydrogens is 366 g/mol. The van der Waals surface area contributed by atoms with E-state index in [4.69, 9.17) is 0 Å². The second-order valence-electron chi connectivity index (χ2n) is 7.44. The highest BCUT2D eigenvalue weighted by molar-refractivity contribution is 6.04.